The van der Waals surface area contributed by atoms with Crippen LogP contribution in [-0.2, 0) is 16.8 Å². The molecule has 32 heavy (non-hydrogen) atoms. The topological polar surface area (TPSA) is 26.8 Å². The van der Waals surface area contributed by atoms with E-state index in [1.54, 1.807) is 12.1 Å². The van der Waals surface area contributed by atoms with Crippen molar-refractivity contribution in [3.05, 3.63) is 71.0 Å². The molecular weight excluding hydrogens is 401 g/mol. The summed E-state index contributed by atoms with van der Waals surface area (Å²) in [6, 6.07) is 15.8. The lowest BCUT2D eigenvalue weighted by Gasteiger charge is -2.40. The van der Waals surface area contributed by atoms with E-state index in [2.05, 4.69) is 46.0 Å². The van der Waals surface area contributed by atoms with Crippen molar-refractivity contribution in [3.63, 3.8) is 0 Å². The number of hydrogen-bond acceptors (Lipinski definition) is 3. The molecule has 1 unspecified atom stereocenters. The molecule has 3 aliphatic rings. The van der Waals surface area contributed by atoms with Gasteiger partial charge < -0.3 is 9.80 Å². The molecule has 2 fully saturated rings. The standard InChI is InChI=1S/C27H34FN3O/c1-29-14-16-31(17-15-29)26(32)18-22-19-27(25-5-3-2-4-24(22)25)10-12-30(13-11-27)20-21-6-8-23(28)9-7-21/h2-9,22H,10-20H2,1H3. The second kappa shape index (κ2) is 8.95. The van der Waals surface area contributed by atoms with Gasteiger partial charge in [-0.3, -0.25) is 9.69 Å². The number of piperidine rings is 1. The number of carbonyl (C=O) groups is 1. The molecule has 5 heteroatoms. The first-order valence-electron chi connectivity index (χ1n) is 12.0. The number of hydrogen-bond donors (Lipinski definition) is 0. The maximum absolute atomic E-state index is 13.2. The maximum atomic E-state index is 13.2. The molecule has 0 aromatic heterocycles. The maximum Gasteiger partial charge on any atom is 0.223 e. The largest absolute Gasteiger partial charge is 0.340 e. The normalized spacial score (nSPS) is 23.4. The highest BCUT2D eigenvalue weighted by Gasteiger charge is 2.45. The Balaban J connectivity index is 1.25. The van der Waals surface area contributed by atoms with Gasteiger partial charge in [-0.2, -0.15) is 0 Å². The number of rotatable bonds is 4. The zero-order valence-electron chi connectivity index (χ0n) is 19.1. The Morgan fingerprint density at radius 3 is 2.38 bits per heavy atom. The van der Waals surface area contributed by atoms with Crippen LogP contribution in [0.5, 0.6) is 0 Å². The van der Waals surface area contributed by atoms with Crippen LogP contribution in [0.25, 0.3) is 0 Å². The van der Waals surface area contributed by atoms with Gasteiger partial charge in [0, 0.05) is 39.1 Å². The van der Waals surface area contributed by atoms with Crippen LogP contribution in [0.1, 0.15) is 48.3 Å². The fraction of sp³-hybridized carbons (Fsp3) is 0.519. The number of likely N-dealkylation sites (tertiary alicyclic amines) is 1. The quantitative estimate of drug-likeness (QED) is 0.726. The van der Waals surface area contributed by atoms with E-state index in [-0.39, 0.29) is 11.2 Å². The molecule has 1 aliphatic carbocycles. The molecule has 0 bridgehead atoms. The zero-order valence-corrected chi connectivity index (χ0v) is 19.1. The molecule has 2 aromatic carbocycles. The van der Waals surface area contributed by atoms with Crippen molar-refractivity contribution in [3.8, 4) is 0 Å². The number of likely N-dealkylation sites (N-methyl/N-ethyl adjacent to an activating group) is 1. The van der Waals surface area contributed by atoms with Crippen LogP contribution in [0.15, 0.2) is 48.5 Å². The van der Waals surface area contributed by atoms with Crippen molar-refractivity contribution in [2.75, 3.05) is 46.3 Å². The Hall–Kier alpha value is -2.24. The number of carbonyl (C=O) groups excluding carboxylic acids is 1. The molecule has 5 rings (SSSR count). The highest BCUT2D eigenvalue weighted by Crippen LogP contribution is 2.52. The molecule has 1 spiro atoms. The Kier molecular flexibility index (Phi) is 6.04. The van der Waals surface area contributed by atoms with Crippen LogP contribution in [0.3, 0.4) is 0 Å². The minimum atomic E-state index is -0.175. The number of halogens is 1. The van der Waals surface area contributed by atoms with Crippen LogP contribution >= 0.6 is 0 Å². The second-order valence-electron chi connectivity index (χ2n) is 10.1. The van der Waals surface area contributed by atoms with E-state index in [1.807, 2.05) is 12.1 Å². The molecular formula is C27H34FN3O. The molecule has 4 nitrogen and oxygen atoms in total. The first-order valence-corrected chi connectivity index (χ1v) is 12.0. The molecule has 2 aromatic rings. The molecule has 0 N–H and O–H groups in total. The van der Waals surface area contributed by atoms with Gasteiger partial charge in [-0.25, -0.2) is 4.39 Å². The van der Waals surface area contributed by atoms with E-state index in [0.29, 0.717) is 18.2 Å². The van der Waals surface area contributed by atoms with Crippen molar-refractivity contribution < 1.29 is 9.18 Å². The van der Waals surface area contributed by atoms with E-state index in [0.717, 1.165) is 65.1 Å². The third kappa shape index (κ3) is 4.33. The highest BCUT2D eigenvalue weighted by molar-refractivity contribution is 5.77. The predicted octanol–water partition coefficient (Wildman–Crippen LogP) is 4.01. The monoisotopic (exact) mass is 435 g/mol. The van der Waals surface area contributed by atoms with Crippen molar-refractivity contribution in [2.45, 2.75) is 43.6 Å². The summed E-state index contributed by atoms with van der Waals surface area (Å²) in [5.74, 6) is 0.483. The van der Waals surface area contributed by atoms with E-state index in [1.165, 1.54) is 16.7 Å². The molecule has 0 radical (unpaired) electrons. The third-order valence-corrected chi connectivity index (χ3v) is 8.02. The molecule has 0 saturated carbocycles. The predicted molar refractivity (Wildman–Crippen MR) is 125 cm³/mol. The summed E-state index contributed by atoms with van der Waals surface area (Å²) in [6.07, 6.45) is 3.99. The summed E-state index contributed by atoms with van der Waals surface area (Å²) in [7, 11) is 2.13. The number of amides is 1. The van der Waals surface area contributed by atoms with Crippen LogP contribution in [0.2, 0.25) is 0 Å². The number of piperazine rings is 1. The fourth-order valence-corrected chi connectivity index (χ4v) is 6.07. The van der Waals surface area contributed by atoms with Gasteiger partial charge >= 0.3 is 0 Å². The smallest absolute Gasteiger partial charge is 0.223 e. The van der Waals surface area contributed by atoms with Gasteiger partial charge in [0.15, 0.2) is 0 Å². The SMILES string of the molecule is CN1CCN(C(=O)CC2CC3(CCN(Cc4ccc(F)cc4)CC3)c3ccccc32)CC1. The summed E-state index contributed by atoms with van der Waals surface area (Å²) in [5.41, 5.74) is 4.26. The molecule has 2 saturated heterocycles. The second-order valence-corrected chi connectivity index (χ2v) is 10.1. The minimum Gasteiger partial charge on any atom is -0.340 e. The van der Waals surface area contributed by atoms with Crippen LogP contribution in [-0.4, -0.2) is 66.9 Å². The summed E-state index contributed by atoms with van der Waals surface area (Å²) in [6.45, 7) is 6.63. The molecule has 2 heterocycles. The Morgan fingerprint density at radius 2 is 1.66 bits per heavy atom. The minimum absolute atomic E-state index is 0.175. The average Bonchev–Trinajstić information content (AvgIpc) is 3.10. The summed E-state index contributed by atoms with van der Waals surface area (Å²) in [5, 5.41) is 0. The Morgan fingerprint density at radius 1 is 0.969 bits per heavy atom. The number of nitrogens with zero attached hydrogens (tertiary/aromatic N) is 3. The van der Waals surface area contributed by atoms with Crippen molar-refractivity contribution in [1.29, 1.82) is 0 Å². The molecule has 170 valence electrons. The van der Waals surface area contributed by atoms with Gasteiger partial charge in [0.1, 0.15) is 5.82 Å². The van der Waals surface area contributed by atoms with Gasteiger partial charge in [0.05, 0.1) is 0 Å². The third-order valence-electron chi connectivity index (χ3n) is 8.02. The van der Waals surface area contributed by atoms with Gasteiger partial charge in [0.2, 0.25) is 5.91 Å². The lowest BCUT2D eigenvalue weighted by Crippen LogP contribution is -2.47. The number of fused-ring (bicyclic) bond motifs is 2. The summed E-state index contributed by atoms with van der Waals surface area (Å²) < 4.78 is 13.2. The summed E-state index contributed by atoms with van der Waals surface area (Å²) in [4.78, 5) is 19.9. The highest BCUT2D eigenvalue weighted by atomic mass is 19.1. The van der Waals surface area contributed by atoms with Crippen LogP contribution < -0.4 is 0 Å². The van der Waals surface area contributed by atoms with Gasteiger partial charge in [0.25, 0.3) is 0 Å². The van der Waals surface area contributed by atoms with E-state index in [9.17, 15) is 9.18 Å². The lowest BCUT2D eigenvalue weighted by atomic mass is 9.73. The Bertz CT molecular complexity index is 944. The number of benzene rings is 2. The first kappa shape index (κ1) is 21.6. The lowest BCUT2D eigenvalue weighted by molar-refractivity contribution is -0.133. The van der Waals surface area contributed by atoms with Crippen molar-refractivity contribution in [2.24, 2.45) is 0 Å². The zero-order chi connectivity index (χ0) is 22.1. The van der Waals surface area contributed by atoms with E-state index < -0.39 is 0 Å². The first-order chi connectivity index (χ1) is 15.5. The average molecular weight is 436 g/mol. The van der Waals surface area contributed by atoms with Crippen molar-refractivity contribution in [1.82, 2.24) is 14.7 Å². The summed E-state index contributed by atoms with van der Waals surface area (Å²) >= 11 is 0. The van der Waals surface area contributed by atoms with E-state index in [4.69, 9.17) is 0 Å². The van der Waals surface area contributed by atoms with E-state index >= 15 is 0 Å². The van der Waals surface area contributed by atoms with Crippen LogP contribution in [0.4, 0.5) is 4.39 Å². The van der Waals surface area contributed by atoms with Gasteiger partial charge in [-0.1, -0.05) is 36.4 Å². The van der Waals surface area contributed by atoms with Crippen molar-refractivity contribution >= 4 is 5.91 Å². The van der Waals surface area contributed by atoms with Gasteiger partial charge in [-0.15, -0.1) is 0 Å². The Labute approximate surface area is 191 Å². The van der Waals surface area contributed by atoms with Gasteiger partial charge in [-0.05, 0) is 79.6 Å². The molecule has 1 atom stereocenters. The fourth-order valence-electron chi connectivity index (χ4n) is 6.07. The van der Waals surface area contributed by atoms with Crippen LogP contribution in [0, 0.1) is 5.82 Å². The molecule has 2 aliphatic heterocycles. The molecule has 1 amide bonds.